The molecule has 1 aliphatic carbocycles. The third-order valence-electron chi connectivity index (χ3n) is 9.47. The van der Waals surface area contributed by atoms with Crippen LogP contribution in [0.2, 0.25) is 0 Å². The van der Waals surface area contributed by atoms with Crippen LogP contribution < -0.4 is 10.2 Å². The molecule has 0 saturated carbocycles. The van der Waals surface area contributed by atoms with Crippen LogP contribution in [0.4, 0.5) is 11.4 Å². The van der Waals surface area contributed by atoms with E-state index < -0.39 is 0 Å². The number of nitrogens with one attached hydrogen (secondary N) is 1. The average Bonchev–Trinajstić information content (AvgIpc) is 3.15. The minimum absolute atomic E-state index is 0.865. The smallest absolute Gasteiger partial charge is 0.0488 e. The Morgan fingerprint density at radius 1 is 0.673 bits per heavy atom. The first kappa shape index (κ1) is 31.7. The average molecular weight is 635 g/mol. The molecule has 5 aromatic carbocycles. The van der Waals surface area contributed by atoms with Crippen LogP contribution in [0, 0.1) is 0 Å². The molecule has 240 valence electrons. The highest BCUT2D eigenvalue weighted by Crippen LogP contribution is 2.40. The van der Waals surface area contributed by atoms with E-state index in [1.54, 1.807) is 0 Å². The van der Waals surface area contributed by atoms with Crippen molar-refractivity contribution in [1.82, 2.24) is 0 Å². The predicted molar refractivity (Wildman–Crippen MR) is 210 cm³/mol. The molecule has 1 N–H and O–H groups in total. The van der Waals surface area contributed by atoms with Gasteiger partial charge in [-0.1, -0.05) is 141 Å². The van der Waals surface area contributed by atoms with E-state index in [-0.39, 0.29) is 0 Å². The number of hydrogen-bond donors (Lipinski definition) is 1. The minimum Gasteiger partial charge on any atom is -0.358 e. The second-order valence-electron chi connectivity index (χ2n) is 12.6. The monoisotopic (exact) mass is 634 g/mol. The lowest BCUT2D eigenvalue weighted by Gasteiger charge is -2.35. The van der Waals surface area contributed by atoms with E-state index in [2.05, 4.69) is 175 Å². The maximum atomic E-state index is 4.58. The Morgan fingerprint density at radius 3 is 2.00 bits per heavy atom. The van der Waals surface area contributed by atoms with Crippen LogP contribution in [0.3, 0.4) is 0 Å². The van der Waals surface area contributed by atoms with Gasteiger partial charge in [-0.15, -0.1) is 0 Å². The van der Waals surface area contributed by atoms with Gasteiger partial charge >= 0.3 is 0 Å². The van der Waals surface area contributed by atoms with Gasteiger partial charge in [-0.2, -0.15) is 0 Å². The summed E-state index contributed by atoms with van der Waals surface area (Å²) in [7, 11) is 0. The second-order valence-corrected chi connectivity index (χ2v) is 12.6. The Bertz CT molecular complexity index is 2070. The summed E-state index contributed by atoms with van der Waals surface area (Å²) in [6, 6.07) is 45.5. The Morgan fingerprint density at radius 2 is 1.31 bits per heavy atom. The first-order valence-electron chi connectivity index (χ1n) is 17.2. The summed E-state index contributed by atoms with van der Waals surface area (Å²) in [5, 5.41) is 3.90. The lowest BCUT2D eigenvalue weighted by molar-refractivity contribution is 0.785. The van der Waals surface area contributed by atoms with Gasteiger partial charge in [-0.25, -0.2) is 0 Å². The zero-order valence-corrected chi connectivity index (χ0v) is 28.2. The van der Waals surface area contributed by atoms with Crippen molar-refractivity contribution in [3.05, 3.63) is 210 Å². The van der Waals surface area contributed by atoms with Crippen molar-refractivity contribution in [2.45, 2.75) is 26.2 Å². The minimum atomic E-state index is 0.865. The first-order chi connectivity index (χ1) is 24.1. The van der Waals surface area contributed by atoms with Crippen molar-refractivity contribution in [3.8, 4) is 22.3 Å². The molecule has 1 heterocycles. The largest absolute Gasteiger partial charge is 0.358 e. The van der Waals surface area contributed by atoms with Crippen LogP contribution in [0.5, 0.6) is 0 Å². The fourth-order valence-electron chi connectivity index (χ4n) is 6.98. The summed E-state index contributed by atoms with van der Waals surface area (Å²) < 4.78 is 0. The molecule has 1 aliphatic heterocycles. The summed E-state index contributed by atoms with van der Waals surface area (Å²) in [5.41, 5.74) is 16.5. The van der Waals surface area contributed by atoms with Crippen molar-refractivity contribution in [2.75, 3.05) is 16.8 Å². The SMILES string of the molecule is C=C(/C=C\C=C/C)C1=C(Nc2cc(-c3ccccc3)cc(-c3ccccc3)c2)CCC(N2CCc3ccccc3C(=C)c3ccccc32)=C1. The van der Waals surface area contributed by atoms with E-state index in [0.717, 1.165) is 48.2 Å². The van der Waals surface area contributed by atoms with E-state index in [1.165, 1.54) is 56.0 Å². The van der Waals surface area contributed by atoms with E-state index >= 15 is 0 Å². The number of rotatable bonds is 8. The molecule has 0 unspecified atom stereocenters. The van der Waals surface area contributed by atoms with Crippen molar-refractivity contribution in [1.29, 1.82) is 0 Å². The van der Waals surface area contributed by atoms with Crippen LogP contribution in [0.15, 0.2) is 193 Å². The van der Waals surface area contributed by atoms with Gasteiger partial charge in [0.15, 0.2) is 0 Å². The summed E-state index contributed by atoms with van der Waals surface area (Å²) >= 11 is 0. The van der Waals surface area contributed by atoms with Crippen LogP contribution >= 0.6 is 0 Å². The molecule has 2 nitrogen and oxygen atoms in total. The van der Waals surface area contributed by atoms with Crippen LogP contribution in [-0.4, -0.2) is 6.54 Å². The molecule has 0 fully saturated rings. The maximum absolute atomic E-state index is 4.58. The van der Waals surface area contributed by atoms with Crippen molar-refractivity contribution in [3.63, 3.8) is 0 Å². The Balaban J connectivity index is 1.31. The van der Waals surface area contributed by atoms with Gasteiger partial charge in [0.2, 0.25) is 0 Å². The van der Waals surface area contributed by atoms with Crippen LogP contribution in [-0.2, 0) is 6.42 Å². The molecule has 2 aliphatic rings. The highest BCUT2D eigenvalue weighted by molar-refractivity contribution is 5.88. The summed E-state index contributed by atoms with van der Waals surface area (Å²) in [6.45, 7) is 12.1. The van der Waals surface area contributed by atoms with Gasteiger partial charge in [0, 0.05) is 40.5 Å². The number of nitrogens with zero attached hydrogens (tertiary/aromatic N) is 1. The number of anilines is 2. The van der Waals surface area contributed by atoms with Crippen LogP contribution in [0.25, 0.3) is 27.8 Å². The van der Waals surface area contributed by atoms with Gasteiger partial charge in [0.05, 0.1) is 0 Å². The van der Waals surface area contributed by atoms with Crippen LogP contribution in [0.1, 0.15) is 36.5 Å². The molecule has 0 atom stereocenters. The summed E-state index contributed by atoms with van der Waals surface area (Å²) in [5.74, 6) is 0. The zero-order chi connectivity index (χ0) is 33.6. The highest BCUT2D eigenvalue weighted by atomic mass is 15.1. The normalized spacial score (nSPS) is 14.7. The van der Waals surface area contributed by atoms with Gasteiger partial charge in [0.25, 0.3) is 0 Å². The van der Waals surface area contributed by atoms with E-state index in [9.17, 15) is 0 Å². The molecule has 7 rings (SSSR count). The summed E-state index contributed by atoms with van der Waals surface area (Å²) in [6.07, 6.45) is 13.4. The number of allylic oxidation sites excluding steroid dienone is 9. The fourth-order valence-corrected chi connectivity index (χ4v) is 6.98. The molecule has 0 aromatic heterocycles. The number of para-hydroxylation sites is 1. The third kappa shape index (κ3) is 6.91. The molecule has 0 bridgehead atoms. The van der Waals surface area contributed by atoms with E-state index in [0.29, 0.717) is 0 Å². The van der Waals surface area contributed by atoms with Gasteiger partial charge in [0.1, 0.15) is 0 Å². The Labute approximate surface area is 291 Å². The summed E-state index contributed by atoms with van der Waals surface area (Å²) in [4.78, 5) is 2.51. The number of benzene rings is 5. The maximum Gasteiger partial charge on any atom is 0.0488 e. The third-order valence-corrected chi connectivity index (χ3v) is 9.47. The molecule has 5 aromatic rings. The second kappa shape index (κ2) is 14.5. The number of hydrogen-bond acceptors (Lipinski definition) is 2. The predicted octanol–water partition coefficient (Wildman–Crippen LogP) is 12.2. The lowest BCUT2D eigenvalue weighted by Crippen LogP contribution is -2.29. The molecule has 0 radical (unpaired) electrons. The van der Waals surface area contributed by atoms with E-state index in [1.807, 2.05) is 13.0 Å². The molecule has 2 heteroatoms. The topological polar surface area (TPSA) is 15.3 Å². The molecule has 49 heavy (non-hydrogen) atoms. The van der Waals surface area contributed by atoms with E-state index in [4.69, 9.17) is 0 Å². The van der Waals surface area contributed by atoms with Crippen molar-refractivity contribution >= 4 is 16.9 Å². The lowest BCUT2D eigenvalue weighted by atomic mass is 9.89. The standard InChI is InChI=1S/C47H42N2/c1-4-5-8-17-34(2)45-33-42(49-29-28-38-22-13-14-23-43(38)35(3)44-24-15-16-25-47(44)49)26-27-46(45)48-41-31-39(36-18-9-6-10-19-36)30-40(32-41)37-20-11-7-12-21-37/h4-25,30-33,48H,2-3,26-29H2,1H3/b5-4-,17-8-. The quantitative estimate of drug-likeness (QED) is 0.171. The fraction of sp³-hybridized carbons (Fsp3) is 0.106. The van der Waals surface area contributed by atoms with Crippen molar-refractivity contribution < 1.29 is 0 Å². The highest BCUT2D eigenvalue weighted by Gasteiger charge is 2.25. The number of fused-ring (bicyclic) bond motifs is 2. The molecule has 0 amide bonds. The Kier molecular flexibility index (Phi) is 9.39. The molecular weight excluding hydrogens is 593 g/mol. The molecule has 0 spiro atoms. The van der Waals surface area contributed by atoms with Gasteiger partial charge in [-0.05, 0) is 101 Å². The zero-order valence-electron chi connectivity index (χ0n) is 28.2. The molecule has 0 saturated heterocycles. The van der Waals surface area contributed by atoms with Crippen molar-refractivity contribution in [2.24, 2.45) is 0 Å². The van der Waals surface area contributed by atoms with Gasteiger partial charge in [-0.3, -0.25) is 0 Å². The Hall–Kier alpha value is -5.86. The first-order valence-corrected chi connectivity index (χ1v) is 17.2. The molecular formula is C47H42N2. The van der Waals surface area contributed by atoms with Gasteiger partial charge < -0.3 is 10.2 Å².